The summed E-state index contributed by atoms with van der Waals surface area (Å²) in [4.78, 5) is 12.1. The van der Waals surface area contributed by atoms with Gasteiger partial charge in [-0.05, 0) is 46.0 Å². The second-order valence-electron chi connectivity index (χ2n) is 6.86. The van der Waals surface area contributed by atoms with Crippen molar-refractivity contribution in [3.8, 4) is 0 Å². The number of hydrogen-bond acceptors (Lipinski definition) is 5. The second-order valence-corrected chi connectivity index (χ2v) is 6.86. The molecule has 2 heterocycles. The monoisotopic (exact) mass is 254 g/mol. The molecule has 0 amide bonds. The Labute approximate surface area is 107 Å². The first-order chi connectivity index (χ1) is 8.27. The van der Waals surface area contributed by atoms with Gasteiger partial charge in [0.25, 0.3) is 0 Å². The number of ether oxygens (including phenoxy) is 1. The summed E-state index contributed by atoms with van der Waals surface area (Å²) in [5, 5.41) is 16.3. The van der Waals surface area contributed by atoms with Crippen molar-refractivity contribution in [2.24, 2.45) is 11.3 Å². The molecule has 2 unspecified atom stereocenters. The minimum atomic E-state index is -0.577. The van der Waals surface area contributed by atoms with Crippen LogP contribution in [0.1, 0.15) is 40.0 Å². The van der Waals surface area contributed by atoms with Crippen molar-refractivity contribution in [3.05, 3.63) is 0 Å². The van der Waals surface area contributed by atoms with E-state index in [2.05, 4.69) is 10.6 Å². The Kier molecular flexibility index (Phi) is 2.38. The van der Waals surface area contributed by atoms with Gasteiger partial charge in [-0.15, -0.1) is 0 Å². The Morgan fingerprint density at radius 1 is 1.50 bits per heavy atom. The molecule has 5 heteroatoms. The minimum absolute atomic E-state index is 0.158. The molecule has 0 aromatic rings. The summed E-state index contributed by atoms with van der Waals surface area (Å²) in [7, 11) is 0. The van der Waals surface area contributed by atoms with Crippen molar-refractivity contribution in [1.82, 2.24) is 10.6 Å². The summed E-state index contributed by atoms with van der Waals surface area (Å²) in [6, 6.07) is 0. The summed E-state index contributed by atoms with van der Waals surface area (Å²) in [6.07, 6.45) is 2.76. The molecule has 0 spiro atoms. The van der Waals surface area contributed by atoms with Crippen molar-refractivity contribution in [2.75, 3.05) is 6.61 Å². The third-order valence-corrected chi connectivity index (χ3v) is 4.78. The van der Waals surface area contributed by atoms with E-state index >= 15 is 0 Å². The molecule has 1 aliphatic carbocycles. The molecule has 0 radical (unpaired) electrons. The molecule has 1 saturated carbocycles. The fraction of sp³-hybridized carbons (Fsp3) is 0.923. The molecule has 0 bridgehead atoms. The van der Waals surface area contributed by atoms with Crippen LogP contribution in [-0.4, -0.2) is 35.1 Å². The molecular weight excluding hydrogens is 232 g/mol. The molecule has 3 N–H and O–H groups in total. The van der Waals surface area contributed by atoms with Crippen LogP contribution < -0.4 is 10.6 Å². The van der Waals surface area contributed by atoms with Gasteiger partial charge in [-0.3, -0.25) is 15.4 Å². The molecule has 2 atom stereocenters. The van der Waals surface area contributed by atoms with Gasteiger partial charge >= 0.3 is 5.97 Å². The zero-order chi connectivity index (χ0) is 13.2. The molecule has 2 aliphatic heterocycles. The van der Waals surface area contributed by atoms with Gasteiger partial charge in [-0.25, -0.2) is 0 Å². The lowest BCUT2D eigenvalue weighted by Gasteiger charge is -2.25. The average molecular weight is 254 g/mol. The van der Waals surface area contributed by atoms with E-state index in [0.29, 0.717) is 18.7 Å². The SMILES string of the molecule is CC1(O)CCC(COC(=O)C(C)(C)C23NC2N3)C1. The van der Waals surface area contributed by atoms with Gasteiger partial charge in [-0.1, -0.05) is 0 Å². The van der Waals surface area contributed by atoms with Gasteiger partial charge < -0.3 is 9.84 Å². The smallest absolute Gasteiger partial charge is 0.314 e. The van der Waals surface area contributed by atoms with Crippen LogP contribution in [0.25, 0.3) is 0 Å². The number of nitrogens with one attached hydrogen (secondary N) is 2. The van der Waals surface area contributed by atoms with Crippen molar-refractivity contribution >= 4 is 5.97 Å². The van der Waals surface area contributed by atoms with E-state index in [1.807, 2.05) is 20.8 Å². The van der Waals surface area contributed by atoms with E-state index in [1.54, 1.807) is 0 Å². The first-order valence-corrected chi connectivity index (χ1v) is 6.72. The maximum atomic E-state index is 12.1. The molecule has 0 aromatic carbocycles. The topological polar surface area (TPSA) is 90.4 Å². The maximum Gasteiger partial charge on any atom is 0.314 e. The van der Waals surface area contributed by atoms with Gasteiger partial charge in [-0.2, -0.15) is 0 Å². The predicted octanol–water partition coefficient (Wildman–Crippen LogP) is 0.336. The quantitative estimate of drug-likeness (QED) is 0.497. The number of esters is 1. The van der Waals surface area contributed by atoms with Crippen molar-refractivity contribution < 1.29 is 14.6 Å². The number of carbonyl (C=O) groups is 1. The Bertz CT molecular complexity index is 386. The number of fused-ring (bicyclic) bond motifs is 1. The van der Waals surface area contributed by atoms with Gasteiger partial charge in [0.05, 0.1) is 23.8 Å². The van der Waals surface area contributed by atoms with Crippen LogP contribution in [0.4, 0.5) is 0 Å². The van der Waals surface area contributed by atoms with E-state index in [0.717, 1.165) is 19.3 Å². The second kappa shape index (κ2) is 3.46. The predicted molar refractivity (Wildman–Crippen MR) is 65.5 cm³/mol. The van der Waals surface area contributed by atoms with Crippen LogP contribution in [0.5, 0.6) is 0 Å². The third kappa shape index (κ3) is 1.76. The van der Waals surface area contributed by atoms with Gasteiger partial charge in [0.2, 0.25) is 0 Å². The molecule has 3 aliphatic rings. The summed E-state index contributed by atoms with van der Waals surface area (Å²) < 4.78 is 5.45. The fourth-order valence-corrected chi connectivity index (χ4v) is 3.11. The van der Waals surface area contributed by atoms with Crippen LogP contribution in [-0.2, 0) is 9.53 Å². The summed E-state index contributed by atoms with van der Waals surface area (Å²) in [6.45, 7) is 6.10. The van der Waals surface area contributed by atoms with Crippen molar-refractivity contribution in [2.45, 2.75) is 57.5 Å². The van der Waals surface area contributed by atoms with Crippen LogP contribution in [0.2, 0.25) is 0 Å². The standard InChI is InChI=1S/C13H22N2O3/c1-11(2,13-9(14-13)15-13)10(16)18-7-8-4-5-12(3,17)6-8/h8-9,14-15,17H,4-7H2,1-3H3. The lowest BCUT2D eigenvalue weighted by molar-refractivity contribution is -0.156. The first kappa shape index (κ1) is 12.4. The molecule has 0 aromatic heterocycles. The van der Waals surface area contributed by atoms with Crippen LogP contribution in [0.15, 0.2) is 0 Å². The van der Waals surface area contributed by atoms with E-state index < -0.39 is 11.0 Å². The van der Waals surface area contributed by atoms with Gasteiger partial charge in [0.15, 0.2) is 0 Å². The highest BCUT2D eigenvalue weighted by Crippen LogP contribution is 2.52. The molecule has 5 nitrogen and oxygen atoms in total. The van der Waals surface area contributed by atoms with E-state index in [-0.39, 0.29) is 11.6 Å². The zero-order valence-electron chi connectivity index (χ0n) is 11.2. The van der Waals surface area contributed by atoms with Gasteiger partial charge in [0.1, 0.15) is 5.66 Å². The highest BCUT2D eigenvalue weighted by Gasteiger charge is 2.79. The van der Waals surface area contributed by atoms with E-state index in [4.69, 9.17) is 4.74 Å². The average Bonchev–Trinajstić information content (AvgIpc) is 3.07. The zero-order valence-corrected chi connectivity index (χ0v) is 11.2. The largest absolute Gasteiger partial charge is 0.465 e. The number of rotatable bonds is 4. The Morgan fingerprint density at radius 3 is 2.56 bits per heavy atom. The number of hydrogen-bond donors (Lipinski definition) is 3. The minimum Gasteiger partial charge on any atom is -0.465 e. The Morgan fingerprint density at radius 2 is 2.11 bits per heavy atom. The fourth-order valence-electron chi connectivity index (χ4n) is 3.11. The van der Waals surface area contributed by atoms with Crippen molar-refractivity contribution in [3.63, 3.8) is 0 Å². The lowest BCUT2D eigenvalue weighted by Crippen LogP contribution is -2.44. The molecular formula is C13H22N2O3. The van der Waals surface area contributed by atoms with Crippen LogP contribution >= 0.6 is 0 Å². The Balaban J connectivity index is 1.50. The van der Waals surface area contributed by atoms with Gasteiger partial charge in [0, 0.05) is 0 Å². The van der Waals surface area contributed by atoms with Crippen molar-refractivity contribution in [1.29, 1.82) is 0 Å². The van der Waals surface area contributed by atoms with E-state index in [1.165, 1.54) is 0 Å². The third-order valence-electron chi connectivity index (χ3n) is 4.78. The number of carbonyl (C=O) groups excluding carboxylic acids is 1. The highest BCUT2D eigenvalue weighted by molar-refractivity contribution is 5.80. The first-order valence-electron chi connectivity index (χ1n) is 6.72. The normalized spacial score (nSPS) is 45.6. The molecule has 3 fully saturated rings. The lowest BCUT2D eigenvalue weighted by atomic mass is 9.87. The summed E-state index contributed by atoms with van der Waals surface area (Å²) in [5.74, 6) is 0.140. The molecule has 18 heavy (non-hydrogen) atoms. The Hall–Kier alpha value is -0.650. The molecule has 2 saturated heterocycles. The van der Waals surface area contributed by atoms with E-state index in [9.17, 15) is 9.90 Å². The summed E-state index contributed by atoms with van der Waals surface area (Å²) in [5.41, 5.74) is -1.31. The summed E-state index contributed by atoms with van der Waals surface area (Å²) >= 11 is 0. The number of aliphatic hydroxyl groups is 1. The van der Waals surface area contributed by atoms with Crippen LogP contribution in [0.3, 0.4) is 0 Å². The van der Waals surface area contributed by atoms with Crippen LogP contribution in [0, 0.1) is 11.3 Å². The molecule has 3 rings (SSSR count). The molecule has 102 valence electrons. The maximum absolute atomic E-state index is 12.1. The highest BCUT2D eigenvalue weighted by atomic mass is 16.5.